The molecule has 0 aromatic heterocycles. The first-order chi connectivity index (χ1) is 11.5. The smallest absolute Gasteiger partial charge is 0.314 e. The van der Waals surface area contributed by atoms with E-state index in [9.17, 15) is 14.7 Å². The van der Waals surface area contributed by atoms with Crippen LogP contribution >= 0.6 is 0 Å². The molecule has 3 aliphatic heterocycles. The van der Waals surface area contributed by atoms with Gasteiger partial charge in [0.2, 0.25) is 0 Å². The number of carboxylic acid groups (broad SMARTS) is 1. The quantitative estimate of drug-likeness (QED) is 0.852. The molecular formula is C18H18O6. The summed E-state index contributed by atoms with van der Waals surface area (Å²) in [5.74, 6) is -1.04. The van der Waals surface area contributed by atoms with Crippen molar-refractivity contribution in [1.29, 1.82) is 0 Å². The fraction of sp³-hybridized carbons (Fsp3) is 0.556. The molecule has 1 aromatic carbocycles. The Bertz CT molecular complexity index is 773. The maximum absolute atomic E-state index is 12.8. The highest BCUT2D eigenvalue weighted by molar-refractivity contribution is 5.87. The van der Waals surface area contributed by atoms with Crippen LogP contribution in [0.25, 0.3) is 0 Å². The van der Waals surface area contributed by atoms with Crippen molar-refractivity contribution in [2.75, 3.05) is 7.11 Å². The first kappa shape index (κ1) is 14.3. The number of rotatable bonds is 3. The summed E-state index contributed by atoms with van der Waals surface area (Å²) in [5, 5.41) is 9.51. The molecular weight excluding hydrogens is 312 g/mol. The SMILES string of the molecule is COc1ccc2c(c1)C1C3[C@H]4OC(=O)[C@]1(CC(=O)O)[C@@H](C)C4O[C@@H]23. The predicted octanol–water partition coefficient (Wildman–Crippen LogP) is 1.88. The molecule has 5 aliphatic rings. The van der Waals surface area contributed by atoms with Crippen LogP contribution < -0.4 is 4.74 Å². The molecule has 1 N–H and O–H groups in total. The van der Waals surface area contributed by atoms with Crippen LogP contribution in [0.4, 0.5) is 0 Å². The molecule has 1 aromatic rings. The van der Waals surface area contributed by atoms with E-state index in [1.807, 2.05) is 25.1 Å². The Morgan fingerprint density at radius 3 is 2.83 bits per heavy atom. The standard InChI is InChI=1S/C18H18O6/c1-7-14-16-12-13(18(7,6-11(19)20)17(21)24-16)10-5-8(22-2)3-4-9(10)15(12)23-14/h3-5,7,12-16H,6H2,1-2H3,(H,19,20)/t7-,12?,13?,14?,15-,16+,18+/m0/s1. The number of carbonyl (C=O) groups excluding carboxylic acids is 1. The Labute approximate surface area is 138 Å². The summed E-state index contributed by atoms with van der Waals surface area (Å²) < 4.78 is 17.3. The van der Waals surface area contributed by atoms with Crippen LogP contribution in [0.15, 0.2) is 18.2 Å². The van der Waals surface area contributed by atoms with Crippen molar-refractivity contribution in [2.24, 2.45) is 17.3 Å². The van der Waals surface area contributed by atoms with E-state index in [1.165, 1.54) is 0 Å². The van der Waals surface area contributed by atoms with Crippen molar-refractivity contribution in [2.45, 2.75) is 37.6 Å². The third-order valence-electron chi connectivity index (χ3n) is 6.60. The number of carboxylic acids is 1. The first-order valence-corrected chi connectivity index (χ1v) is 8.25. The Kier molecular flexibility index (Phi) is 2.56. The number of aliphatic carboxylic acids is 1. The minimum Gasteiger partial charge on any atom is -0.497 e. The van der Waals surface area contributed by atoms with Crippen LogP contribution in [0.2, 0.25) is 0 Å². The van der Waals surface area contributed by atoms with Crippen molar-refractivity contribution in [3.63, 3.8) is 0 Å². The van der Waals surface area contributed by atoms with E-state index in [0.29, 0.717) is 5.75 Å². The van der Waals surface area contributed by atoms with Crippen molar-refractivity contribution >= 4 is 11.9 Å². The number of carbonyl (C=O) groups is 2. The zero-order valence-corrected chi connectivity index (χ0v) is 13.4. The number of esters is 1. The number of ether oxygens (including phenoxy) is 3. The van der Waals surface area contributed by atoms with Gasteiger partial charge in [0.1, 0.15) is 11.9 Å². The van der Waals surface area contributed by atoms with Crippen molar-refractivity contribution in [1.82, 2.24) is 0 Å². The van der Waals surface area contributed by atoms with Crippen LogP contribution in [0.5, 0.6) is 5.75 Å². The molecule has 6 rings (SSSR count). The lowest BCUT2D eigenvalue weighted by Crippen LogP contribution is -2.64. The maximum Gasteiger partial charge on any atom is 0.314 e. The van der Waals surface area contributed by atoms with Gasteiger partial charge in [0.05, 0.1) is 31.2 Å². The van der Waals surface area contributed by atoms with E-state index in [4.69, 9.17) is 14.2 Å². The zero-order chi connectivity index (χ0) is 16.8. The number of hydrogen-bond donors (Lipinski definition) is 1. The van der Waals surface area contributed by atoms with E-state index < -0.39 is 11.4 Å². The van der Waals surface area contributed by atoms with E-state index >= 15 is 0 Å². The first-order valence-electron chi connectivity index (χ1n) is 8.25. The van der Waals surface area contributed by atoms with Gasteiger partial charge in [-0.05, 0) is 23.3 Å². The van der Waals surface area contributed by atoms with Gasteiger partial charge < -0.3 is 19.3 Å². The Morgan fingerprint density at radius 1 is 1.33 bits per heavy atom. The Balaban J connectivity index is 1.76. The molecule has 6 nitrogen and oxygen atoms in total. The normalized spacial score (nSPS) is 43.5. The summed E-state index contributed by atoms with van der Waals surface area (Å²) in [6, 6.07) is 5.79. The summed E-state index contributed by atoms with van der Waals surface area (Å²) in [4.78, 5) is 24.4. The molecule has 126 valence electrons. The van der Waals surface area contributed by atoms with Gasteiger partial charge in [0.25, 0.3) is 0 Å². The Hall–Kier alpha value is -2.08. The number of methoxy groups -OCH3 is 1. The summed E-state index contributed by atoms with van der Waals surface area (Å²) in [6.45, 7) is 1.93. The number of hydrogen-bond acceptors (Lipinski definition) is 5. The maximum atomic E-state index is 12.8. The van der Waals surface area contributed by atoms with Crippen molar-refractivity contribution in [3.05, 3.63) is 29.3 Å². The average Bonchev–Trinajstić information content (AvgIpc) is 3.03. The topological polar surface area (TPSA) is 82.1 Å². The minimum absolute atomic E-state index is 0.00496. The highest BCUT2D eigenvalue weighted by atomic mass is 16.6. The van der Waals surface area contributed by atoms with Crippen LogP contribution in [-0.4, -0.2) is 36.4 Å². The second-order valence-corrected chi connectivity index (χ2v) is 7.34. The lowest BCUT2D eigenvalue weighted by Gasteiger charge is -2.55. The van der Waals surface area contributed by atoms with E-state index in [-0.39, 0.29) is 48.5 Å². The average molecular weight is 330 g/mol. The van der Waals surface area contributed by atoms with E-state index in [2.05, 4.69) is 0 Å². The minimum atomic E-state index is -1.07. The number of benzene rings is 1. The Morgan fingerprint density at radius 2 is 2.12 bits per heavy atom. The lowest BCUT2D eigenvalue weighted by atomic mass is 9.52. The molecule has 3 saturated heterocycles. The molecule has 0 amide bonds. The molecule has 4 bridgehead atoms. The van der Waals surface area contributed by atoms with Crippen LogP contribution in [-0.2, 0) is 19.1 Å². The van der Waals surface area contributed by atoms with Crippen LogP contribution in [0.3, 0.4) is 0 Å². The fourth-order valence-corrected chi connectivity index (χ4v) is 5.67. The van der Waals surface area contributed by atoms with E-state index in [0.717, 1.165) is 11.1 Å². The molecule has 24 heavy (non-hydrogen) atoms. The van der Waals surface area contributed by atoms with Gasteiger partial charge >= 0.3 is 11.9 Å². The predicted molar refractivity (Wildman–Crippen MR) is 80.6 cm³/mol. The summed E-state index contributed by atoms with van der Waals surface area (Å²) in [6.07, 6.45) is -0.860. The van der Waals surface area contributed by atoms with Crippen molar-refractivity contribution in [3.8, 4) is 5.75 Å². The van der Waals surface area contributed by atoms with Gasteiger partial charge in [-0.3, -0.25) is 9.59 Å². The molecule has 3 unspecified atom stereocenters. The largest absolute Gasteiger partial charge is 0.497 e. The van der Waals surface area contributed by atoms with Gasteiger partial charge in [0.15, 0.2) is 0 Å². The summed E-state index contributed by atoms with van der Waals surface area (Å²) in [5.41, 5.74) is 0.956. The van der Waals surface area contributed by atoms with Gasteiger partial charge in [0, 0.05) is 17.8 Å². The zero-order valence-electron chi connectivity index (χ0n) is 13.4. The van der Waals surface area contributed by atoms with Gasteiger partial charge in [-0.25, -0.2) is 0 Å². The third-order valence-corrected chi connectivity index (χ3v) is 6.60. The molecule has 6 heteroatoms. The fourth-order valence-electron chi connectivity index (χ4n) is 5.67. The second kappa shape index (κ2) is 4.30. The second-order valence-electron chi connectivity index (χ2n) is 7.34. The highest BCUT2D eigenvalue weighted by Crippen LogP contribution is 2.71. The summed E-state index contributed by atoms with van der Waals surface area (Å²) in [7, 11) is 1.60. The van der Waals surface area contributed by atoms with E-state index in [1.54, 1.807) is 7.11 Å². The molecule has 0 radical (unpaired) electrons. The third kappa shape index (κ3) is 1.38. The molecule has 4 fully saturated rings. The monoisotopic (exact) mass is 330 g/mol. The molecule has 3 heterocycles. The molecule has 2 aliphatic carbocycles. The van der Waals surface area contributed by atoms with Crippen LogP contribution in [0.1, 0.15) is 36.5 Å². The summed E-state index contributed by atoms with van der Waals surface area (Å²) >= 11 is 0. The van der Waals surface area contributed by atoms with Gasteiger partial charge in [-0.2, -0.15) is 0 Å². The van der Waals surface area contributed by atoms with Crippen LogP contribution in [0, 0.1) is 17.3 Å². The molecule has 0 spiro atoms. The van der Waals surface area contributed by atoms with Gasteiger partial charge in [-0.1, -0.05) is 13.0 Å². The van der Waals surface area contributed by atoms with Gasteiger partial charge in [-0.15, -0.1) is 0 Å². The number of fused-ring (bicyclic) bond motifs is 3. The molecule has 7 atom stereocenters. The highest BCUT2D eigenvalue weighted by Gasteiger charge is 2.76. The van der Waals surface area contributed by atoms with Crippen molar-refractivity contribution < 1.29 is 28.9 Å². The lowest BCUT2D eigenvalue weighted by molar-refractivity contribution is -0.215. The molecule has 1 saturated carbocycles.